The van der Waals surface area contributed by atoms with Crippen molar-refractivity contribution in [3.05, 3.63) is 54.2 Å². The summed E-state index contributed by atoms with van der Waals surface area (Å²) in [6.45, 7) is 4.54. The number of hydrogen-bond donors (Lipinski definition) is 7. The summed E-state index contributed by atoms with van der Waals surface area (Å²) >= 11 is 0. The second-order valence-electron chi connectivity index (χ2n) is 10.3. The van der Waals surface area contributed by atoms with E-state index in [9.17, 15) is 24.3 Å². The van der Waals surface area contributed by atoms with Crippen LogP contribution in [0.5, 0.6) is 0 Å². The molecule has 4 rings (SSSR count). The predicted octanol–water partition coefficient (Wildman–Crippen LogP) is 1.01. The van der Waals surface area contributed by atoms with Crippen LogP contribution in [0.2, 0.25) is 0 Å². The average molecular weight is 552 g/mol. The van der Waals surface area contributed by atoms with Crippen molar-refractivity contribution in [2.75, 3.05) is 6.54 Å². The molecule has 3 amide bonds. The number of aromatic amines is 2. The zero-order valence-corrected chi connectivity index (χ0v) is 22.7. The molecule has 12 heteroatoms. The lowest BCUT2D eigenvalue weighted by Gasteiger charge is -2.28. The van der Waals surface area contributed by atoms with E-state index in [1.807, 2.05) is 38.1 Å². The Hall–Kier alpha value is -4.19. The Bertz CT molecular complexity index is 1320. The third-order valence-corrected chi connectivity index (χ3v) is 7.50. The summed E-state index contributed by atoms with van der Waals surface area (Å²) in [7, 11) is 0. The molecule has 5 unspecified atom stereocenters. The molecule has 1 aliphatic rings. The number of hydrogen-bond acceptors (Lipinski definition) is 6. The largest absolute Gasteiger partial charge is 0.480 e. The van der Waals surface area contributed by atoms with Crippen LogP contribution in [0.25, 0.3) is 10.9 Å². The molecule has 5 atom stereocenters. The molecule has 0 spiro atoms. The van der Waals surface area contributed by atoms with Gasteiger partial charge in [-0.15, -0.1) is 0 Å². The summed E-state index contributed by atoms with van der Waals surface area (Å²) < 4.78 is 0. The molecule has 1 fully saturated rings. The third kappa shape index (κ3) is 7.06. The number of rotatable bonds is 13. The van der Waals surface area contributed by atoms with E-state index in [2.05, 4.69) is 36.2 Å². The lowest BCUT2D eigenvalue weighted by Crippen LogP contribution is -2.59. The Balaban J connectivity index is 1.56. The Morgan fingerprint density at radius 1 is 1.05 bits per heavy atom. The molecule has 214 valence electrons. The van der Waals surface area contributed by atoms with Crippen molar-refractivity contribution in [3.8, 4) is 0 Å². The summed E-state index contributed by atoms with van der Waals surface area (Å²) in [5.41, 5.74) is 2.21. The van der Waals surface area contributed by atoms with E-state index in [1.54, 1.807) is 6.20 Å². The first kappa shape index (κ1) is 28.8. The lowest BCUT2D eigenvalue weighted by molar-refractivity contribution is -0.142. The molecule has 0 aliphatic carbocycles. The number of carbonyl (C=O) groups is 4. The van der Waals surface area contributed by atoms with Crippen molar-refractivity contribution in [2.24, 2.45) is 5.92 Å². The molecule has 0 radical (unpaired) electrons. The van der Waals surface area contributed by atoms with Crippen LogP contribution in [0.4, 0.5) is 0 Å². The zero-order chi connectivity index (χ0) is 28.6. The van der Waals surface area contributed by atoms with Gasteiger partial charge in [-0.1, -0.05) is 38.5 Å². The minimum Gasteiger partial charge on any atom is -0.480 e. The van der Waals surface area contributed by atoms with Gasteiger partial charge in [0.05, 0.1) is 12.4 Å². The summed E-state index contributed by atoms with van der Waals surface area (Å²) in [4.78, 5) is 61.9. The van der Waals surface area contributed by atoms with E-state index < -0.39 is 35.9 Å². The number of aliphatic carboxylic acids is 1. The molecule has 1 aliphatic heterocycles. The fourth-order valence-electron chi connectivity index (χ4n) is 4.94. The second kappa shape index (κ2) is 13.2. The maximum Gasteiger partial charge on any atom is 0.326 e. The zero-order valence-electron chi connectivity index (χ0n) is 22.7. The number of benzene rings is 1. The highest BCUT2D eigenvalue weighted by atomic mass is 16.4. The van der Waals surface area contributed by atoms with Gasteiger partial charge in [0.2, 0.25) is 17.7 Å². The Morgan fingerprint density at radius 3 is 2.50 bits per heavy atom. The van der Waals surface area contributed by atoms with Crippen LogP contribution in [0.3, 0.4) is 0 Å². The standard InChI is InChI=1S/C28H37N7O5/c1-3-16(2)24(35-25(36)21-9-6-10-30-21)27(38)33-22(11-17-13-31-20-8-5-4-7-19(17)20)26(37)34-23(28(39)40)12-18-14-29-15-32-18/h4-5,7-8,13-16,21-24,30-31H,3,6,9-12H2,1-2H3,(H,29,32)(H,33,38)(H,34,37)(H,35,36)(H,39,40). The van der Waals surface area contributed by atoms with Gasteiger partial charge in [0, 0.05) is 41.8 Å². The molecular weight excluding hydrogens is 514 g/mol. The Labute approximate surface area is 232 Å². The Kier molecular flexibility index (Phi) is 9.54. The summed E-state index contributed by atoms with van der Waals surface area (Å²) in [6, 6.07) is 4.03. The van der Waals surface area contributed by atoms with Crippen molar-refractivity contribution < 1.29 is 24.3 Å². The van der Waals surface area contributed by atoms with Crippen LogP contribution in [-0.4, -0.2) is 74.5 Å². The fraction of sp³-hybridized carbons (Fsp3) is 0.464. The van der Waals surface area contributed by atoms with E-state index in [0.717, 1.165) is 29.4 Å². The maximum atomic E-state index is 13.6. The van der Waals surface area contributed by atoms with Gasteiger partial charge >= 0.3 is 5.97 Å². The van der Waals surface area contributed by atoms with Crippen molar-refractivity contribution in [1.29, 1.82) is 0 Å². The maximum absolute atomic E-state index is 13.6. The molecule has 1 saturated heterocycles. The van der Waals surface area contributed by atoms with Gasteiger partial charge < -0.3 is 36.3 Å². The van der Waals surface area contributed by atoms with Crippen molar-refractivity contribution in [1.82, 2.24) is 36.2 Å². The monoisotopic (exact) mass is 551 g/mol. The number of imidazole rings is 1. The first-order chi connectivity index (χ1) is 19.3. The molecule has 12 nitrogen and oxygen atoms in total. The average Bonchev–Trinajstić information content (AvgIpc) is 3.73. The number of fused-ring (bicyclic) bond motifs is 1. The quantitative estimate of drug-likeness (QED) is 0.165. The summed E-state index contributed by atoms with van der Waals surface area (Å²) in [6.07, 6.45) is 7.01. The number of carboxylic acids is 1. The van der Waals surface area contributed by atoms with Gasteiger partial charge in [-0.3, -0.25) is 14.4 Å². The SMILES string of the molecule is CCC(C)C(NC(=O)C1CCCN1)C(=O)NC(Cc1c[nH]c2ccccc12)C(=O)NC(Cc1cnc[nH]1)C(=O)O. The fourth-order valence-corrected chi connectivity index (χ4v) is 4.94. The first-order valence-electron chi connectivity index (χ1n) is 13.7. The first-order valence-corrected chi connectivity index (χ1v) is 13.7. The summed E-state index contributed by atoms with van der Waals surface area (Å²) in [5.74, 6) is -2.80. The molecule has 0 bridgehead atoms. The molecule has 3 heterocycles. The topological polar surface area (TPSA) is 181 Å². The normalized spacial score (nSPS) is 18.0. The Morgan fingerprint density at radius 2 is 1.82 bits per heavy atom. The minimum atomic E-state index is -1.24. The van der Waals surface area contributed by atoms with Gasteiger partial charge in [0.15, 0.2) is 0 Å². The number of nitrogens with zero attached hydrogens (tertiary/aromatic N) is 1. The molecule has 40 heavy (non-hydrogen) atoms. The van der Waals surface area contributed by atoms with E-state index in [-0.39, 0.29) is 30.7 Å². The third-order valence-electron chi connectivity index (χ3n) is 7.50. The van der Waals surface area contributed by atoms with Crippen LogP contribution in [0.15, 0.2) is 43.0 Å². The minimum absolute atomic E-state index is 0.00519. The van der Waals surface area contributed by atoms with Crippen molar-refractivity contribution in [2.45, 2.75) is 70.1 Å². The molecule has 1 aromatic carbocycles. The van der Waals surface area contributed by atoms with E-state index >= 15 is 0 Å². The lowest BCUT2D eigenvalue weighted by atomic mass is 9.96. The molecule has 0 saturated carbocycles. The van der Waals surface area contributed by atoms with Crippen LogP contribution in [0.1, 0.15) is 44.4 Å². The van der Waals surface area contributed by atoms with E-state index in [1.165, 1.54) is 12.5 Å². The van der Waals surface area contributed by atoms with Crippen LogP contribution >= 0.6 is 0 Å². The number of nitrogens with one attached hydrogen (secondary N) is 6. The van der Waals surface area contributed by atoms with Crippen LogP contribution in [-0.2, 0) is 32.0 Å². The van der Waals surface area contributed by atoms with Gasteiger partial charge in [0.25, 0.3) is 0 Å². The predicted molar refractivity (Wildman–Crippen MR) is 148 cm³/mol. The molecule has 2 aromatic heterocycles. The highest BCUT2D eigenvalue weighted by Gasteiger charge is 2.34. The summed E-state index contributed by atoms with van der Waals surface area (Å²) in [5, 5.41) is 22.1. The highest BCUT2D eigenvalue weighted by Crippen LogP contribution is 2.20. The van der Waals surface area contributed by atoms with Gasteiger partial charge in [-0.05, 0) is 36.9 Å². The van der Waals surface area contributed by atoms with Crippen molar-refractivity contribution >= 4 is 34.6 Å². The van der Waals surface area contributed by atoms with E-state index in [0.29, 0.717) is 18.5 Å². The van der Waals surface area contributed by atoms with Crippen LogP contribution < -0.4 is 21.3 Å². The number of H-pyrrole nitrogens is 2. The molecule has 3 aromatic rings. The number of para-hydroxylation sites is 1. The highest BCUT2D eigenvalue weighted by molar-refractivity contribution is 5.95. The molecule has 7 N–H and O–H groups in total. The van der Waals surface area contributed by atoms with Gasteiger partial charge in [-0.2, -0.15) is 0 Å². The number of amides is 3. The second-order valence-corrected chi connectivity index (χ2v) is 10.3. The smallest absolute Gasteiger partial charge is 0.326 e. The van der Waals surface area contributed by atoms with E-state index in [4.69, 9.17) is 0 Å². The number of carboxylic acid groups (broad SMARTS) is 1. The van der Waals surface area contributed by atoms with Gasteiger partial charge in [0.1, 0.15) is 18.1 Å². The number of aromatic nitrogens is 3. The number of carbonyl (C=O) groups excluding carboxylic acids is 3. The van der Waals surface area contributed by atoms with Gasteiger partial charge in [-0.25, -0.2) is 9.78 Å². The van der Waals surface area contributed by atoms with Crippen molar-refractivity contribution in [3.63, 3.8) is 0 Å². The van der Waals surface area contributed by atoms with Crippen LogP contribution in [0, 0.1) is 5.92 Å². The molecular formula is C28H37N7O5.